The minimum Gasteiger partial charge on any atom is -0.353 e. The Balaban J connectivity index is 1.70. The Labute approximate surface area is 207 Å². The average Bonchev–Trinajstić information content (AvgIpc) is 3.74. The molecule has 2 saturated carbocycles. The second-order valence-electron chi connectivity index (χ2n) is 8.89. The highest BCUT2D eigenvalue weighted by molar-refractivity contribution is 7.92. The van der Waals surface area contributed by atoms with Crippen molar-refractivity contribution < 1.29 is 31.6 Å². The van der Waals surface area contributed by atoms with Crippen LogP contribution in [0.4, 0.5) is 31.7 Å². The van der Waals surface area contributed by atoms with Crippen molar-refractivity contribution in [1.29, 1.82) is 0 Å². The van der Waals surface area contributed by atoms with Gasteiger partial charge < -0.3 is 10.6 Å². The summed E-state index contributed by atoms with van der Waals surface area (Å²) < 4.78 is 52.4. The van der Waals surface area contributed by atoms with Gasteiger partial charge in [-0.3, -0.25) is 18.7 Å². The van der Waals surface area contributed by atoms with Gasteiger partial charge in [0, 0.05) is 25.7 Å². The molecule has 1 aromatic heterocycles. The number of nitrogens with zero attached hydrogens (tertiary/aromatic N) is 2. The quantitative estimate of drug-likeness (QED) is 0.407. The number of sulfonamides is 1. The number of alkyl halides is 2. The minimum atomic E-state index is -3.62. The second-order valence-corrected chi connectivity index (χ2v) is 10.9. The van der Waals surface area contributed by atoms with Crippen LogP contribution in [-0.2, 0) is 19.7 Å². The average molecular weight is 524 g/mol. The predicted molar refractivity (Wildman–Crippen MR) is 130 cm³/mol. The molecule has 1 aromatic carbocycles. The normalized spacial score (nSPS) is 18.3. The number of hydrogen-bond acceptors (Lipinski definition) is 7. The van der Waals surface area contributed by atoms with E-state index in [4.69, 9.17) is 4.84 Å². The van der Waals surface area contributed by atoms with Crippen LogP contribution in [0.1, 0.15) is 48.0 Å². The van der Waals surface area contributed by atoms with Gasteiger partial charge in [-0.1, -0.05) is 6.07 Å². The first-order valence-electron chi connectivity index (χ1n) is 11.4. The van der Waals surface area contributed by atoms with Crippen LogP contribution in [0.3, 0.4) is 0 Å². The number of pyridine rings is 1. The highest BCUT2D eigenvalue weighted by Gasteiger charge is 2.61. The van der Waals surface area contributed by atoms with Gasteiger partial charge in [0.05, 0.1) is 35.5 Å². The number of benzene rings is 1. The summed E-state index contributed by atoms with van der Waals surface area (Å²) in [5.41, 5.74) is 4.16. The van der Waals surface area contributed by atoms with E-state index < -0.39 is 40.1 Å². The van der Waals surface area contributed by atoms with Crippen molar-refractivity contribution in [2.75, 3.05) is 34.8 Å². The lowest BCUT2D eigenvalue weighted by Crippen LogP contribution is -2.26. The molecule has 10 nitrogen and oxygen atoms in total. The van der Waals surface area contributed by atoms with Crippen molar-refractivity contribution in [3.63, 3.8) is 0 Å². The van der Waals surface area contributed by atoms with Crippen LogP contribution in [0, 0.1) is 5.92 Å². The molecule has 2 fully saturated rings. The van der Waals surface area contributed by atoms with Crippen molar-refractivity contribution in [2.24, 2.45) is 5.92 Å². The zero-order chi connectivity index (χ0) is 26.3. The molecule has 2 aromatic rings. The van der Waals surface area contributed by atoms with Crippen LogP contribution in [0.15, 0.2) is 30.5 Å². The van der Waals surface area contributed by atoms with Crippen LogP contribution in [0.2, 0.25) is 0 Å². The third-order valence-electron chi connectivity index (χ3n) is 6.03. The van der Waals surface area contributed by atoms with Gasteiger partial charge in [0.25, 0.3) is 11.8 Å². The lowest BCUT2D eigenvalue weighted by molar-refractivity contribution is -0.119. The van der Waals surface area contributed by atoms with Crippen molar-refractivity contribution in [3.8, 4) is 0 Å². The number of carbonyl (C=O) groups excluding carboxylic acids is 2. The maximum absolute atomic E-state index is 13.3. The molecular weight excluding hydrogens is 496 g/mol. The third kappa shape index (κ3) is 5.73. The first-order valence-corrected chi connectivity index (χ1v) is 13.2. The van der Waals surface area contributed by atoms with Crippen LogP contribution >= 0.6 is 0 Å². The largest absolute Gasteiger partial charge is 0.353 e. The highest BCUT2D eigenvalue weighted by Crippen LogP contribution is 2.49. The maximum atomic E-state index is 13.3. The van der Waals surface area contributed by atoms with E-state index in [1.165, 1.54) is 13.1 Å². The number of amides is 2. The standard InChI is InChI=1S/C23H27F2N5O5S/c1-4-35-29-21(31)15-12-26-20(28-22(32)16-11-23(16,24)25)10-18(15)27-17-8-7-14(13-5-6-13)9-19(17)30(2)36(3,33)34/h7-10,12-13,16H,4-6,11H2,1-3H3,(H,29,31)(H2,26,27,28,32)/t16-/m1/s1. The van der Waals surface area contributed by atoms with Crippen LogP contribution in [0.25, 0.3) is 0 Å². The fraction of sp³-hybridized carbons (Fsp3) is 0.435. The van der Waals surface area contributed by atoms with Gasteiger partial charge in [-0.2, -0.15) is 0 Å². The molecule has 1 atom stereocenters. The van der Waals surface area contributed by atoms with Gasteiger partial charge in [0.2, 0.25) is 15.9 Å². The van der Waals surface area contributed by atoms with Gasteiger partial charge in [-0.15, -0.1) is 0 Å². The summed E-state index contributed by atoms with van der Waals surface area (Å²) in [6.45, 7) is 1.89. The van der Waals surface area contributed by atoms with E-state index in [-0.39, 0.29) is 23.7 Å². The fourth-order valence-corrected chi connectivity index (χ4v) is 4.13. The van der Waals surface area contributed by atoms with Gasteiger partial charge in [0.1, 0.15) is 11.7 Å². The van der Waals surface area contributed by atoms with Crippen molar-refractivity contribution in [3.05, 3.63) is 41.6 Å². The van der Waals surface area contributed by atoms with Gasteiger partial charge in [-0.25, -0.2) is 27.7 Å². The molecule has 4 rings (SSSR count). The Morgan fingerprint density at radius 1 is 1.22 bits per heavy atom. The summed E-state index contributed by atoms with van der Waals surface area (Å²) in [6.07, 6.45) is 3.74. The zero-order valence-corrected chi connectivity index (χ0v) is 20.8. The molecule has 0 bridgehead atoms. The molecule has 2 aliphatic carbocycles. The molecule has 36 heavy (non-hydrogen) atoms. The number of hydrogen-bond donors (Lipinski definition) is 3. The summed E-state index contributed by atoms with van der Waals surface area (Å²) in [7, 11) is -2.20. The van der Waals surface area contributed by atoms with E-state index in [1.54, 1.807) is 19.1 Å². The van der Waals surface area contributed by atoms with E-state index in [0.29, 0.717) is 17.3 Å². The van der Waals surface area contributed by atoms with Crippen LogP contribution in [-0.4, -0.2) is 51.0 Å². The number of aromatic nitrogens is 1. The smallest absolute Gasteiger partial charge is 0.278 e. The molecule has 0 radical (unpaired) electrons. The summed E-state index contributed by atoms with van der Waals surface area (Å²) in [5.74, 6) is -5.69. The summed E-state index contributed by atoms with van der Waals surface area (Å²) >= 11 is 0. The molecule has 2 amide bonds. The Kier molecular flexibility index (Phi) is 6.88. The Morgan fingerprint density at radius 2 is 1.92 bits per heavy atom. The number of carbonyl (C=O) groups is 2. The van der Waals surface area contributed by atoms with E-state index >= 15 is 0 Å². The van der Waals surface area contributed by atoms with Crippen LogP contribution in [0.5, 0.6) is 0 Å². The molecule has 13 heteroatoms. The molecule has 1 heterocycles. The van der Waals surface area contributed by atoms with Crippen LogP contribution < -0.4 is 20.4 Å². The van der Waals surface area contributed by atoms with Crippen molar-refractivity contribution in [1.82, 2.24) is 10.5 Å². The summed E-state index contributed by atoms with van der Waals surface area (Å²) in [6, 6.07) is 6.68. The minimum absolute atomic E-state index is 0.0254. The SMILES string of the molecule is CCONC(=O)c1cnc(NC(=O)[C@H]2CC2(F)F)cc1Nc1ccc(C2CC2)cc1N(C)S(C)(=O)=O. The van der Waals surface area contributed by atoms with E-state index in [1.807, 2.05) is 6.07 Å². The van der Waals surface area contributed by atoms with Gasteiger partial charge in [-0.05, 0) is 43.4 Å². The molecule has 0 saturated heterocycles. The topological polar surface area (TPSA) is 130 Å². The highest BCUT2D eigenvalue weighted by atomic mass is 32.2. The lowest BCUT2D eigenvalue weighted by atomic mass is 10.1. The third-order valence-corrected chi connectivity index (χ3v) is 7.22. The first-order chi connectivity index (χ1) is 16.9. The first kappa shape index (κ1) is 25.8. The molecule has 2 aliphatic rings. The zero-order valence-electron chi connectivity index (χ0n) is 20.0. The monoisotopic (exact) mass is 523 g/mol. The van der Waals surface area contributed by atoms with Crippen molar-refractivity contribution >= 4 is 44.7 Å². The molecule has 0 spiro atoms. The molecule has 3 N–H and O–H groups in total. The Hall–Kier alpha value is -3.32. The van der Waals surface area contributed by atoms with E-state index in [9.17, 15) is 26.8 Å². The Morgan fingerprint density at radius 3 is 2.50 bits per heavy atom. The molecule has 0 unspecified atom stereocenters. The number of rotatable bonds is 10. The maximum Gasteiger partial charge on any atom is 0.278 e. The lowest BCUT2D eigenvalue weighted by Gasteiger charge is -2.23. The fourth-order valence-electron chi connectivity index (χ4n) is 3.62. The van der Waals surface area contributed by atoms with Gasteiger partial charge >= 0.3 is 0 Å². The Bertz CT molecular complexity index is 1300. The second kappa shape index (κ2) is 9.62. The number of nitrogens with one attached hydrogen (secondary N) is 3. The van der Waals surface area contributed by atoms with Crippen molar-refractivity contribution in [2.45, 2.75) is 38.0 Å². The molecule has 0 aliphatic heterocycles. The van der Waals surface area contributed by atoms with Gasteiger partial charge in [0.15, 0.2) is 0 Å². The number of halogens is 2. The van der Waals surface area contributed by atoms with E-state index in [2.05, 4.69) is 21.1 Å². The molecule has 194 valence electrons. The predicted octanol–water partition coefficient (Wildman–Crippen LogP) is 3.37. The summed E-state index contributed by atoms with van der Waals surface area (Å²) in [4.78, 5) is 33.8. The number of hydroxylamine groups is 1. The number of anilines is 4. The summed E-state index contributed by atoms with van der Waals surface area (Å²) in [5, 5.41) is 5.40. The molecular formula is C23H27F2N5O5S. The van der Waals surface area contributed by atoms with E-state index in [0.717, 1.165) is 35.2 Å².